The van der Waals surface area contributed by atoms with Crippen LogP contribution in [0.25, 0.3) is 0 Å². The van der Waals surface area contributed by atoms with Gasteiger partial charge in [-0.25, -0.2) is 4.39 Å². The second-order valence-corrected chi connectivity index (χ2v) is 9.52. The molecule has 2 unspecified atom stereocenters. The van der Waals surface area contributed by atoms with Crippen LogP contribution >= 0.6 is 0 Å². The van der Waals surface area contributed by atoms with E-state index in [9.17, 15) is 4.39 Å². The standard InChI is InChI=1S/C28H38FNO/c1-2-3-4-7-17-30-18-16-28(23-10-13-26(29)14-11-23)25(20-30)21-31-27-15-12-22-8-5-6-9-24(22)19-27/h10-15,19,25,28H,2-9,16-18,20-21H2,1H3. The summed E-state index contributed by atoms with van der Waals surface area (Å²) in [4.78, 5) is 2.62. The SMILES string of the molecule is CCCCCCN1CCC(c2ccc(F)cc2)C(COc2ccc3c(c2)CCCC3)C1. The lowest BCUT2D eigenvalue weighted by atomic mass is 9.80. The van der Waals surface area contributed by atoms with Gasteiger partial charge in [-0.1, -0.05) is 44.4 Å². The zero-order valence-corrected chi connectivity index (χ0v) is 19.1. The average molecular weight is 424 g/mol. The van der Waals surface area contributed by atoms with Gasteiger partial charge in [-0.05, 0) is 98.5 Å². The zero-order valence-electron chi connectivity index (χ0n) is 19.1. The molecule has 2 aliphatic rings. The number of ether oxygens (including phenoxy) is 1. The predicted octanol–water partition coefficient (Wildman–Crippen LogP) is 6.77. The monoisotopic (exact) mass is 423 g/mol. The molecule has 2 aromatic rings. The quantitative estimate of drug-likeness (QED) is 0.413. The van der Waals surface area contributed by atoms with E-state index in [2.05, 4.69) is 30.0 Å². The van der Waals surface area contributed by atoms with Crippen molar-refractivity contribution in [2.24, 2.45) is 5.92 Å². The summed E-state index contributed by atoms with van der Waals surface area (Å²) in [5.74, 6) is 1.73. The van der Waals surface area contributed by atoms with Gasteiger partial charge in [0, 0.05) is 12.5 Å². The average Bonchev–Trinajstić information content (AvgIpc) is 2.81. The summed E-state index contributed by atoms with van der Waals surface area (Å²) in [5.41, 5.74) is 4.23. The second-order valence-electron chi connectivity index (χ2n) is 9.52. The van der Waals surface area contributed by atoms with Crippen LogP contribution in [0.3, 0.4) is 0 Å². The number of hydrogen-bond donors (Lipinski definition) is 0. The highest BCUT2D eigenvalue weighted by atomic mass is 19.1. The molecule has 31 heavy (non-hydrogen) atoms. The van der Waals surface area contributed by atoms with E-state index in [-0.39, 0.29) is 5.82 Å². The van der Waals surface area contributed by atoms with E-state index >= 15 is 0 Å². The van der Waals surface area contributed by atoms with Gasteiger partial charge in [0.15, 0.2) is 0 Å². The Morgan fingerprint density at radius 2 is 1.77 bits per heavy atom. The highest BCUT2D eigenvalue weighted by Gasteiger charge is 2.31. The van der Waals surface area contributed by atoms with Crippen LogP contribution in [0.4, 0.5) is 4.39 Å². The van der Waals surface area contributed by atoms with Gasteiger partial charge >= 0.3 is 0 Å². The molecule has 1 aliphatic heterocycles. The fraction of sp³-hybridized carbons (Fsp3) is 0.571. The molecule has 0 amide bonds. The molecule has 0 saturated carbocycles. The van der Waals surface area contributed by atoms with Gasteiger partial charge in [0.1, 0.15) is 11.6 Å². The van der Waals surface area contributed by atoms with Crippen molar-refractivity contribution in [2.45, 2.75) is 70.6 Å². The molecule has 2 atom stereocenters. The van der Waals surface area contributed by atoms with E-state index in [1.54, 1.807) is 12.1 Å². The van der Waals surface area contributed by atoms with E-state index in [1.165, 1.54) is 74.6 Å². The molecule has 1 aliphatic carbocycles. The molecular formula is C28H38FNO. The minimum atomic E-state index is -0.154. The minimum Gasteiger partial charge on any atom is -0.493 e. The van der Waals surface area contributed by atoms with Crippen LogP contribution in [0.15, 0.2) is 42.5 Å². The topological polar surface area (TPSA) is 12.5 Å². The summed E-state index contributed by atoms with van der Waals surface area (Å²) >= 11 is 0. The number of unbranched alkanes of at least 4 members (excludes halogenated alkanes) is 3. The maximum atomic E-state index is 13.5. The molecular weight excluding hydrogens is 385 g/mol. The summed E-state index contributed by atoms with van der Waals surface area (Å²) in [6, 6.07) is 13.9. The Morgan fingerprint density at radius 1 is 0.968 bits per heavy atom. The molecule has 2 aromatic carbocycles. The fourth-order valence-corrected chi connectivity index (χ4v) is 5.39. The van der Waals surface area contributed by atoms with Gasteiger partial charge in [-0.15, -0.1) is 0 Å². The van der Waals surface area contributed by atoms with Gasteiger partial charge < -0.3 is 9.64 Å². The van der Waals surface area contributed by atoms with Crippen LogP contribution in [-0.2, 0) is 12.8 Å². The van der Waals surface area contributed by atoms with E-state index in [4.69, 9.17) is 4.74 Å². The molecule has 0 bridgehead atoms. The lowest BCUT2D eigenvalue weighted by Gasteiger charge is -2.39. The van der Waals surface area contributed by atoms with Crippen molar-refractivity contribution in [2.75, 3.05) is 26.2 Å². The van der Waals surface area contributed by atoms with Crippen molar-refractivity contribution >= 4 is 0 Å². The Bertz CT molecular complexity index is 818. The number of piperidine rings is 1. The van der Waals surface area contributed by atoms with Crippen molar-refractivity contribution in [1.82, 2.24) is 4.90 Å². The maximum absolute atomic E-state index is 13.5. The predicted molar refractivity (Wildman–Crippen MR) is 126 cm³/mol. The minimum absolute atomic E-state index is 0.154. The van der Waals surface area contributed by atoms with E-state index < -0.39 is 0 Å². The second kappa shape index (κ2) is 11.1. The van der Waals surface area contributed by atoms with Crippen molar-refractivity contribution in [3.05, 3.63) is 65.0 Å². The molecule has 1 heterocycles. The first-order valence-electron chi connectivity index (χ1n) is 12.5. The Morgan fingerprint density at radius 3 is 2.58 bits per heavy atom. The third kappa shape index (κ3) is 6.10. The number of halogens is 1. The first kappa shape index (κ1) is 22.3. The maximum Gasteiger partial charge on any atom is 0.123 e. The van der Waals surface area contributed by atoms with Crippen LogP contribution in [0.1, 0.15) is 74.5 Å². The summed E-state index contributed by atoms with van der Waals surface area (Å²) < 4.78 is 19.9. The number of fused-ring (bicyclic) bond motifs is 1. The van der Waals surface area contributed by atoms with Crippen LogP contribution < -0.4 is 4.74 Å². The van der Waals surface area contributed by atoms with E-state index in [0.717, 1.165) is 31.9 Å². The van der Waals surface area contributed by atoms with Crippen LogP contribution in [0.2, 0.25) is 0 Å². The largest absolute Gasteiger partial charge is 0.493 e. The number of aryl methyl sites for hydroxylation is 2. The lowest BCUT2D eigenvalue weighted by molar-refractivity contribution is 0.109. The van der Waals surface area contributed by atoms with Crippen molar-refractivity contribution in [3.8, 4) is 5.75 Å². The molecule has 168 valence electrons. The molecule has 0 radical (unpaired) electrons. The van der Waals surface area contributed by atoms with Crippen molar-refractivity contribution < 1.29 is 9.13 Å². The molecule has 0 spiro atoms. The number of likely N-dealkylation sites (tertiary alicyclic amines) is 1. The molecule has 1 saturated heterocycles. The van der Waals surface area contributed by atoms with Crippen molar-refractivity contribution in [1.29, 1.82) is 0 Å². The number of benzene rings is 2. The Kier molecular flexibility index (Phi) is 8.02. The van der Waals surface area contributed by atoms with Gasteiger partial charge in [0.05, 0.1) is 6.61 Å². The summed E-state index contributed by atoms with van der Waals surface area (Å²) in [5, 5.41) is 0. The fourth-order valence-electron chi connectivity index (χ4n) is 5.39. The third-order valence-electron chi connectivity index (χ3n) is 7.23. The van der Waals surface area contributed by atoms with E-state index in [1.807, 2.05) is 12.1 Å². The zero-order chi connectivity index (χ0) is 21.5. The Balaban J connectivity index is 1.42. The molecule has 2 nitrogen and oxygen atoms in total. The molecule has 1 fully saturated rings. The smallest absolute Gasteiger partial charge is 0.123 e. The molecule has 3 heteroatoms. The Labute approximate surface area is 187 Å². The van der Waals surface area contributed by atoms with Crippen LogP contribution in [0, 0.1) is 11.7 Å². The van der Waals surface area contributed by atoms with E-state index in [0.29, 0.717) is 11.8 Å². The summed E-state index contributed by atoms with van der Waals surface area (Å²) in [6.45, 7) is 6.38. The number of rotatable bonds is 9. The summed E-state index contributed by atoms with van der Waals surface area (Å²) in [6.07, 6.45) is 11.3. The molecule has 4 rings (SSSR count). The third-order valence-corrected chi connectivity index (χ3v) is 7.23. The normalized spacial score (nSPS) is 21.6. The number of nitrogens with zero attached hydrogens (tertiary/aromatic N) is 1. The first-order chi connectivity index (χ1) is 15.2. The highest BCUT2D eigenvalue weighted by molar-refractivity contribution is 5.37. The van der Waals surface area contributed by atoms with Crippen LogP contribution in [0.5, 0.6) is 5.75 Å². The van der Waals surface area contributed by atoms with Crippen LogP contribution in [-0.4, -0.2) is 31.1 Å². The molecule has 0 N–H and O–H groups in total. The van der Waals surface area contributed by atoms with Crippen molar-refractivity contribution in [3.63, 3.8) is 0 Å². The van der Waals surface area contributed by atoms with Gasteiger partial charge in [-0.2, -0.15) is 0 Å². The highest BCUT2D eigenvalue weighted by Crippen LogP contribution is 2.34. The van der Waals surface area contributed by atoms with Gasteiger partial charge in [0.2, 0.25) is 0 Å². The van der Waals surface area contributed by atoms with Gasteiger partial charge in [-0.3, -0.25) is 0 Å². The first-order valence-corrected chi connectivity index (χ1v) is 12.5. The number of hydrogen-bond acceptors (Lipinski definition) is 2. The lowest BCUT2D eigenvalue weighted by Crippen LogP contribution is -2.42. The Hall–Kier alpha value is -1.87. The summed E-state index contributed by atoms with van der Waals surface area (Å²) in [7, 11) is 0. The van der Waals surface area contributed by atoms with Gasteiger partial charge in [0.25, 0.3) is 0 Å². The molecule has 0 aromatic heterocycles.